The number of carbonyl (C=O) groups is 1. The van der Waals surface area contributed by atoms with Gasteiger partial charge in [-0.1, -0.05) is 0 Å². The molecule has 1 atom stereocenters. The van der Waals surface area contributed by atoms with Crippen LogP contribution in [0.4, 0.5) is 5.82 Å². The molecule has 1 aliphatic heterocycles. The van der Waals surface area contributed by atoms with Gasteiger partial charge in [0.15, 0.2) is 0 Å². The van der Waals surface area contributed by atoms with E-state index in [-0.39, 0.29) is 6.54 Å². The van der Waals surface area contributed by atoms with E-state index in [1.54, 1.807) is 0 Å². The van der Waals surface area contributed by atoms with Crippen LogP contribution in [0.3, 0.4) is 0 Å². The van der Waals surface area contributed by atoms with Crippen molar-refractivity contribution in [3.05, 3.63) is 22.8 Å². The molecule has 0 spiro atoms. The molecule has 0 amide bonds. The summed E-state index contributed by atoms with van der Waals surface area (Å²) < 4.78 is 0.980. The van der Waals surface area contributed by atoms with Crippen LogP contribution in [0.15, 0.2) is 22.8 Å². The van der Waals surface area contributed by atoms with E-state index >= 15 is 0 Å². The molecule has 1 saturated heterocycles. The quantitative estimate of drug-likeness (QED) is 0.862. The summed E-state index contributed by atoms with van der Waals surface area (Å²) >= 11 is 3.38. The summed E-state index contributed by atoms with van der Waals surface area (Å²) in [6.45, 7) is 2.73. The van der Waals surface area contributed by atoms with E-state index in [1.165, 1.54) is 0 Å². The SMILES string of the molecule is O=C(O)CNCC1CCCN(c2ccc(Br)cn2)C1. The third kappa shape index (κ3) is 4.47. The number of aliphatic carboxylic acids is 1. The molecule has 1 aromatic rings. The lowest BCUT2D eigenvalue weighted by atomic mass is 9.98. The first kappa shape index (κ1) is 14.3. The smallest absolute Gasteiger partial charge is 0.317 e. The second-order valence-corrected chi connectivity index (χ2v) is 5.73. The molecule has 19 heavy (non-hydrogen) atoms. The number of piperidine rings is 1. The fraction of sp³-hybridized carbons (Fsp3) is 0.538. The van der Waals surface area contributed by atoms with Crippen molar-refractivity contribution in [3.63, 3.8) is 0 Å². The summed E-state index contributed by atoms with van der Waals surface area (Å²) in [5, 5.41) is 11.6. The Balaban J connectivity index is 1.86. The highest BCUT2D eigenvalue weighted by atomic mass is 79.9. The number of hydrogen-bond donors (Lipinski definition) is 2. The molecule has 1 fully saturated rings. The molecule has 2 N–H and O–H groups in total. The Kier molecular flexibility index (Phi) is 5.15. The minimum Gasteiger partial charge on any atom is -0.480 e. The molecular formula is C13H18BrN3O2. The van der Waals surface area contributed by atoms with Crippen LogP contribution in [0.5, 0.6) is 0 Å². The second-order valence-electron chi connectivity index (χ2n) is 4.81. The normalized spacial score (nSPS) is 19.4. The average Bonchev–Trinajstić information content (AvgIpc) is 2.39. The third-order valence-electron chi connectivity index (χ3n) is 3.26. The highest BCUT2D eigenvalue weighted by molar-refractivity contribution is 9.10. The predicted octanol–water partition coefficient (Wildman–Crippen LogP) is 1.73. The molecule has 0 bridgehead atoms. The van der Waals surface area contributed by atoms with Crippen LogP contribution in [0.1, 0.15) is 12.8 Å². The van der Waals surface area contributed by atoms with Crippen LogP contribution in [0, 0.1) is 5.92 Å². The van der Waals surface area contributed by atoms with E-state index in [2.05, 4.69) is 31.1 Å². The number of hydrogen-bond acceptors (Lipinski definition) is 4. The highest BCUT2D eigenvalue weighted by Crippen LogP contribution is 2.22. The van der Waals surface area contributed by atoms with Crippen molar-refractivity contribution < 1.29 is 9.90 Å². The van der Waals surface area contributed by atoms with Gasteiger partial charge in [0, 0.05) is 30.3 Å². The molecule has 6 heteroatoms. The molecule has 1 aromatic heterocycles. The second kappa shape index (κ2) is 6.86. The number of halogens is 1. The molecule has 0 aromatic carbocycles. The Labute approximate surface area is 121 Å². The van der Waals surface area contributed by atoms with Crippen LogP contribution in [0.2, 0.25) is 0 Å². The molecule has 0 saturated carbocycles. The molecule has 1 unspecified atom stereocenters. The number of carboxylic acids is 1. The molecule has 1 aliphatic rings. The van der Waals surface area contributed by atoms with Crippen molar-refractivity contribution in [3.8, 4) is 0 Å². The van der Waals surface area contributed by atoms with Gasteiger partial charge in [-0.25, -0.2) is 4.98 Å². The zero-order chi connectivity index (χ0) is 13.7. The Morgan fingerprint density at radius 1 is 1.58 bits per heavy atom. The van der Waals surface area contributed by atoms with E-state index < -0.39 is 5.97 Å². The molecule has 2 rings (SSSR count). The number of carboxylic acid groups (broad SMARTS) is 1. The number of pyridine rings is 1. The highest BCUT2D eigenvalue weighted by Gasteiger charge is 2.20. The van der Waals surface area contributed by atoms with Gasteiger partial charge in [0.05, 0.1) is 6.54 Å². The lowest BCUT2D eigenvalue weighted by molar-refractivity contribution is -0.136. The van der Waals surface area contributed by atoms with E-state index in [0.29, 0.717) is 5.92 Å². The van der Waals surface area contributed by atoms with Crippen LogP contribution >= 0.6 is 15.9 Å². The molecule has 2 heterocycles. The standard InChI is InChI=1S/C13H18BrN3O2/c14-11-3-4-12(16-7-11)17-5-1-2-10(9-17)6-15-8-13(18)19/h3-4,7,10,15H,1-2,5-6,8-9H2,(H,18,19). The molecule has 0 radical (unpaired) electrons. The first-order chi connectivity index (χ1) is 9.15. The molecule has 104 valence electrons. The van der Waals surface area contributed by atoms with Crippen molar-refractivity contribution >= 4 is 27.7 Å². The van der Waals surface area contributed by atoms with E-state index in [1.807, 2.05) is 18.3 Å². The van der Waals surface area contributed by atoms with Gasteiger partial charge in [-0.2, -0.15) is 0 Å². The number of nitrogens with one attached hydrogen (secondary N) is 1. The summed E-state index contributed by atoms with van der Waals surface area (Å²) in [5.41, 5.74) is 0. The average molecular weight is 328 g/mol. The summed E-state index contributed by atoms with van der Waals surface area (Å²) in [7, 11) is 0. The van der Waals surface area contributed by atoms with Gasteiger partial charge in [-0.05, 0) is 46.8 Å². The first-order valence-corrected chi connectivity index (χ1v) is 7.23. The first-order valence-electron chi connectivity index (χ1n) is 6.44. The van der Waals surface area contributed by atoms with Gasteiger partial charge in [0.25, 0.3) is 0 Å². The number of rotatable bonds is 5. The Hall–Kier alpha value is -1.14. The number of nitrogens with zero attached hydrogens (tertiary/aromatic N) is 2. The van der Waals surface area contributed by atoms with Gasteiger partial charge < -0.3 is 15.3 Å². The zero-order valence-electron chi connectivity index (χ0n) is 10.7. The lowest BCUT2D eigenvalue weighted by Crippen LogP contribution is -2.40. The molecular weight excluding hydrogens is 310 g/mol. The molecule has 0 aliphatic carbocycles. The van der Waals surface area contributed by atoms with Crippen LogP contribution < -0.4 is 10.2 Å². The summed E-state index contributed by atoms with van der Waals surface area (Å²) in [6, 6.07) is 4.01. The Morgan fingerprint density at radius 3 is 3.11 bits per heavy atom. The van der Waals surface area contributed by atoms with E-state index in [9.17, 15) is 4.79 Å². The monoisotopic (exact) mass is 327 g/mol. The van der Waals surface area contributed by atoms with Crippen LogP contribution in [-0.2, 0) is 4.79 Å². The summed E-state index contributed by atoms with van der Waals surface area (Å²) in [6.07, 6.45) is 4.07. The minimum atomic E-state index is -0.803. The third-order valence-corrected chi connectivity index (χ3v) is 3.73. The number of aromatic nitrogens is 1. The zero-order valence-corrected chi connectivity index (χ0v) is 12.3. The topological polar surface area (TPSA) is 65.5 Å². The molecule has 5 nitrogen and oxygen atoms in total. The maximum absolute atomic E-state index is 10.5. The van der Waals surface area contributed by atoms with Gasteiger partial charge in [-0.3, -0.25) is 4.79 Å². The van der Waals surface area contributed by atoms with Gasteiger partial charge in [-0.15, -0.1) is 0 Å². The van der Waals surface area contributed by atoms with Crippen molar-refractivity contribution in [2.75, 3.05) is 31.1 Å². The maximum atomic E-state index is 10.5. The maximum Gasteiger partial charge on any atom is 0.317 e. The number of anilines is 1. The fourth-order valence-corrected chi connectivity index (χ4v) is 2.61. The van der Waals surface area contributed by atoms with Crippen molar-refractivity contribution in [2.24, 2.45) is 5.92 Å². The largest absolute Gasteiger partial charge is 0.480 e. The minimum absolute atomic E-state index is 0.0348. The van der Waals surface area contributed by atoms with Crippen LogP contribution in [-0.4, -0.2) is 42.2 Å². The predicted molar refractivity (Wildman–Crippen MR) is 77.4 cm³/mol. The Bertz CT molecular complexity index is 424. The van der Waals surface area contributed by atoms with Crippen molar-refractivity contribution in [2.45, 2.75) is 12.8 Å². The summed E-state index contributed by atoms with van der Waals surface area (Å²) in [4.78, 5) is 17.1. The Morgan fingerprint density at radius 2 is 2.42 bits per heavy atom. The van der Waals surface area contributed by atoms with Crippen molar-refractivity contribution in [1.29, 1.82) is 0 Å². The lowest BCUT2D eigenvalue weighted by Gasteiger charge is -2.33. The summed E-state index contributed by atoms with van der Waals surface area (Å²) in [5.74, 6) is 0.673. The van der Waals surface area contributed by atoms with Gasteiger partial charge >= 0.3 is 5.97 Å². The van der Waals surface area contributed by atoms with Gasteiger partial charge in [0.1, 0.15) is 5.82 Å². The van der Waals surface area contributed by atoms with Gasteiger partial charge in [0.2, 0.25) is 0 Å². The van der Waals surface area contributed by atoms with Crippen molar-refractivity contribution in [1.82, 2.24) is 10.3 Å². The van der Waals surface area contributed by atoms with Crippen LogP contribution in [0.25, 0.3) is 0 Å². The fourth-order valence-electron chi connectivity index (χ4n) is 2.38. The van der Waals surface area contributed by atoms with E-state index in [0.717, 1.165) is 42.8 Å². The van der Waals surface area contributed by atoms with E-state index in [4.69, 9.17) is 5.11 Å².